The predicted octanol–water partition coefficient (Wildman–Crippen LogP) is 2.98. The molecule has 124 valence electrons. The molecule has 2 heterocycles. The number of nitrogens with one attached hydrogen (secondary N) is 2. The molecule has 0 aliphatic rings. The van der Waals surface area contributed by atoms with Crippen LogP contribution < -0.4 is 5.32 Å². The Morgan fingerprint density at radius 3 is 2.92 bits per heavy atom. The van der Waals surface area contributed by atoms with Gasteiger partial charge in [-0.2, -0.15) is 5.10 Å². The Hall–Kier alpha value is -2.73. The number of aromatic amines is 1. The van der Waals surface area contributed by atoms with Gasteiger partial charge in [0, 0.05) is 23.7 Å². The number of esters is 1. The molecule has 0 unspecified atom stereocenters. The molecule has 6 heteroatoms. The first-order valence-electron chi connectivity index (χ1n) is 7.91. The molecule has 2 N–H and O–H groups in total. The normalized spacial score (nSPS) is 11.1. The molecule has 1 aromatic carbocycles. The van der Waals surface area contributed by atoms with Gasteiger partial charge in [0.25, 0.3) is 0 Å². The van der Waals surface area contributed by atoms with Gasteiger partial charge in [0.05, 0.1) is 23.0 Å². The SMILES string of the molecule is CC(C)CNCOC(=O)c1ccc2nc(-c3cn[nH]c3)ccc2c1. The van der Waals surface area contributed by atoms with Crippen molar-refractivity contribution in [1.29, 1.82) is 0 Å². The van der Waals surface area contributed by atoms with Crippen LogP contribution in [0.15, 0.2) is 42.7 Å². The van der Waals surface area contributed by atoms with Crippen molar-refractivity contribution in [3.8, 4) is 11.3 Å². The van der Waals surface area contributed by atoms with E-state index in [2.05, 4.69) is 34.3 Å². The van der Waals surface area contributed by atoms with E-state index in [1.807, 2.05) is 18.2 Å². The van der Waals surface area contributed by atoms with Gasteiger partial charge in [0.15, 0.2) is 0 Å². The molecular formula is C18H20N4O2. The van der Waals surface area contributed by atoms with Crippen molar-refractivity contribution >= 4 is 16.9 Å². The zero-order valence-corrected chi connectivity index (χ0v) is 13.7. The van der Waals surface area contributed by atoms with Gasteiger partial charge in [-0.3, -0.25) is 10.4 Å². The number of benzene rings is 1. The van der Waals surface area contributed by atoms with Crippen molar-refractivity contribution in [2.24, 2.45) is 5.92 Å². The Kier molecular flexibility index (Phi) is 4.86. The van der Waals surface area contributed by atoms with E-state index in [9.17, 15) is 4.79 Å². The molecule has 3 rings (SSSR count). The number of hydrogen-bond acceptors (Lipinski definition) is 5. The van der Waals surface area contributed by atoms with Gasteiger partial charge in [-0.05, 0) is 30.2 Å². The lowest BCUT2D eigenvalue weighted by molar-refractivity contribution is 0.0469. The molecule has 0 fully saturated rings. The molecule has 0 bridgehead atoms. The fraction of sp³-hybridized carbons (Fsp3) is 0.278. The van der Waals surface area contributed by atoms with Gasteiger partial charge in [0.2, 0.25) is 0 Å². The van der Waals surface area contributed by atoms with E-state index in [1.165, 1.54) is 0 Å². The number of fused-ring (bicyclic) bond motifs is 1. The van der Waals surface area contributed by atoms with Crippen LogP contribution in [0.3, 0.4) is 0 Å². The lowest BCUT2D eigenvalue weighted by Crippen LogP contribution is -2.24. The van der Waals surface area contributed by atoms with Crippen molar-refractivity contribution in [2.45, 2.75) is 13.8 Å². The third kappa shape index (κ3) is 3.78. The van der Waals surface area contributed by atoms with Gasteiger partial charge < -0.3 is 4.74 Å². The maximum absolute atomic E-state index is 12.1. The molecule has 0 aliphatic heterocycles. The first-order chi connectivity index (χ1) is 11.6. The van der Waals surface area contributed by atoms with Gasteiger partial charge in [-0.15, -0.1) is 0 Å². The van der Waals surface area contributed by atoms with E-state index in [-0.39, 0.29) is 12.7 Å². The van der Waals surface area contributed by atoms with Crippen LogP contribution in [0.4, 0.5) is 0 Å². The van der Waals surface area contributed by atoms with Gasteiger partial charge in [-0.1, -0.05) is 19.9 Å². The summed E-state index contributed by atoms with van der Waals surface area (Å²) in [6, 6.07) is 9.22. The fourth-order valence-electron chi connectivity index (χ4n) is 2.35. The van der Waals surface area contributed by atoms with Gasteiger partial charge in [0.1, 0.15) is 6.73 Å². The van der Waals surface area contributed by atoms with Crippen molar-refractivity contribution in [3.05, 3.63) is 48.3 Å². The summed E-state index contributed by atoms with van der Waals surface area (Å²) in [4.78, 5) is 16.7. The van der Waals surface area contributed by atoms with E-state index in [0.29, 0.717) is 11.5 Å². The Balaban J connectivity index is 1.72. The van der Waals surface area contributed by atoms with Crippen LogP contribution >= 0.6 is 0 Å². The topological polar surface area (TPSA) is 79.9 Å². The van der Waals surface area contributed by atoms with Gasteiger partial charge in [-0.25, -0.2) is 9.78 Å². The zero-order chi connectivity index (χ0) is 16.9. The Morgan fingerprint density at radius 2 is 2.17 bits per heavy atom. The van der Waals surface area contributed by atoms with Crippen LogP contribution in [0.1, 0.15) is 24.2 Å². The highest BCUT2D eigenvalue weighted by Gasteiger charge is 2.09. The van der Waals surface area contributed by atoms with Crippen LogP contribution in [0.25, 0.3) is 22.2 Å². The molecule has 6 nitrogen and oxygen atoms in total. The summed E-state index contributed by atoms with van der Waals surface area (Å²) >= 11 is 0. The molecule has 0 saturated carbocycles. The highest BCUT2D eigenvalue weighted by atomic mass is 16.5. The first-order valence-corrected chi connectivity index (χ1v) is 7.91. The minimum absolute atomic E-state index is 0.215. The maximum Gasteiger partial charge on any atom is 0.339 e. The monoisotopic (exact) mass is 324 g/mol. The van der Waals surface area contributed by atoms with Crippen molar-refractivity contribution in [1.82, 2.24) is 20.5 Å². The van der Waals surface area contributed by atoms with Crippen molar-refractivity contribution in [3.63, 3.8) is 0 Å². The predicted molar refractivity (Wildman–Crippen MR) is 92.4 cm³/mol. The number of H-pyrrole nitrogens is 1. The standard InChI is InChI=1S/C18H20N4O2/c1-12(2)8-19-11-24-18(23)14-4-6-16-13(7-14)3-5-17(22-16)15-9-20-21-10-15/h3-7,9-10,12,19H,8,11H2,1-2H3,(H,20,21). The Labute approximate surface area is 140 Å². The van der Waals surface area contributed by atoms with E-state index in [0.717, 1.165) is 28.7 Å². The summed E-state index contributed by atoms with van der Waals surface area (Å²) in [5.41, 5.74) is 3.11. The first kappa shape index (κ1) is 16.1. The lowest BCUT2D eigenvalue weighted by Gasteiger charge is -2.09. The molecule has 24 heavy (non-hydrogen) atoms. The molecule has 0 aliphatic carbocycles. The molecule has 0 amide bonds. The van der Waals surface area contributed by atoms with E-state index >= 15 is 0 Å². The Morgan fingerprint density at radius 1 is 1.29 bits per heavy atom. The quantitative estimate of drug-likeness (QED) is 0.414. The summed E-state index contributed by atoms with van der Waals surface area (Å²) < 4.78 is 5.23. The third-order valence-electron chi connectivity index (χ3n) is 3.58. The minimum atomic E-state index is -0.341. The molecule has 0 atom stereocenters. The molecule has 0 radical (unpaired) electrons. The molecule has 3 aromatic rings. The minimum Gasteiger partial charge on any atom is -0.446 e. The summed E-state index contributed by atoms with van der Waals surface area (Å²) in [5, 5.41) is 10.7. The fourth-order valence-corrected chi connectivity index (χ4v) is 2.35. The number of rotatable bonds is 6. The smallest absolute Gasteiger partial charge is 0.339 e. The summed E-state index contributed by atoms with van der Waals surface area (Å²) in [6.07, 6.45) is 3.52. The average Bonchev–Trinajstić information content (AvgIpc) is 3.12. The number of carbonyl (C=O) groups is 1. The summed E-state index contributed by atoms with van der Waals surface area (Å²) in [5.74, 6) is 0.173. The van der Waals surface area contributed by atoms with E-state index < -0.39 is 0 Å². The number of ether oxygens (including phenoxy) is 1. The number of carbonyl (C=O) groups excluding carboxylic acids is 1. The second kappa shape index (κ2) is 7.23. The highest BCUT2D eigenvalue weighted by Crippen LogP contribution is 2.21. The van der Waals surface area contributed by atoms with Crippen LogP contribution in [-0.2, 0) is 4.74 Å². The number of pyridine rings is 1. The average molecular weight is 324 g/mol. The molecule has 0 spiro atoms. The van der Waals surface area contributed by atoms with E-state index in [4.69, 9.17) is 4.74 Å². The third-order valence-corrected chi connectivity index (χ3v) is 3.58. The summed E-state index contributed by atoms with van der Waals surface area (Å²) in [7, 11) is 0. The number of aromatic nitrogens is 3. The van der Waals surface area contributed by atoms with Crippen LogP contribution in [0, 0.1) is 5.92 Å². The van der Waals surface area contributed by atoms with Crippen LogP contribution in [0.2, 0.25) is 0 Å². The Bertz CT molecular complexity index is 828. The van der Waals surface area contributed by atoms with Crippen molar-refractivity contribution in [2.75, 3.05) is 13.3 Å². The molecule has 2 aromatic heterocycles. The second-order valence-corrected chi connectivity index (χ2v) is 6.02. The van der Waals surface area contributed by atoms with E-state index in [1.54, 1.807) is 24.5 Å². The number of nitrogens with zero attached hydrogens (tertiary/aromatic N) is 2. The lowest BCUT2D eigenvalue weighted by atomic mass is 10.1. The van der Waals surface area contributed by atoms with Crippen molar-refractivity contribution < 1.29 is 9.53 Å². The number of hydrogen-bond donors (Lipinski definition) is 2. The van der Waals surface area contributed by atoms with Gasteiger partial charge >= 0.3 is 5.97 Å². The molecule has 0 saturated heterocycles. The molecular weight excluding hydrogens is 304 g/mol. The van der Waals surface area contributed by atoms with Crippen LogP contribution in [0.5, 0.6) is 0 Å². The second-order valence-electron chi connectivity index (χ2n) is 6.02. The largest absolute Gasteiger partial charge is 0.446 e. The van der Waals surface area contributed by atoms with Crippen LogP contribution in [-0.4, -0.2) is 34.4 Å². The zero-order valence-electron chi connectivity index (χ0n) is 13.7. The highest BCUT2D eigenvalue weighted by molar-refractivity contribution is 5.94. The summed E-state index contributed by atoms with van der Waals surface area (Å²) in [6.45, 7) is 5.23. The maximum atomic E-state index is 12.1.